The lowest BCUT2D eigenvalue weighted by Gasteiger charge is -2.21. The molecule has 1 saturated carbocycles. The van der Waals surface area contributed by atoms with Gasteiger partial charge in [0.1, 0.15) is 12.6 Å². The van der Waals surface area contributed by atoms with Crippen LogP contribution in [0, 0.1) is 0 Å². The molecule has 1 aliphatic carbocycles. The van der Waals surface area contributed by atoms with Crippen molar-refractivity contribution in [3.05, 3.63) is 27.7 Å². The lowest BCUT2D eigenvalue weighted by Crippen LogP contribution is -2.33. The summed E-state index contributed by atoms with van der Waals surface area (Å²) in [7, 11) is 0. The van der Waals surface area contributed by atoms with E-state index < -0.39 is 11.9 Å². The Morgan fingerprint density at radius 2 is 1.82 bits per heavy atom. The molecule has 1 aromatic carbocycles. The first-order chi connectivity index (χ1) is 10.5. The Bertz CT molecular complexity index is 572. The van der Waals surface area contributed by atoms with Crippen LogP contribution in [0.5, 0.6) is 0 Å². The number of hydrogen-bond acceptors (Lipinski definition) is 4. The van der Waals surface area contributed by atoms with Gasteiger partial charge in [0.2, 0.25) is 0 Å². The first-order valence-electron chi connectivity index (χ1n) is 7.19. The van der Waals surface area contributed by atoms with E-state index in [0.717, 1.165) is 25.7 Å². The number of carbonyl (C=O) groups is 2. The van der Waals surface area contributed by atoms with Crippen molar-refractivity contribution in [2.24, 2.45) is 0 Å². The molecule has 0 bridgehead atoms. The predicted molar refractivity (Wildman–Crippen MR) is 86.2 cm³/mol. The summed E-state index contributed by atoms with van der Waals surface area (Å²) in [6.07, 6.45) is 5.07. The summed E-state index contributed by atoms with van der Waals surface area (Å²) in [6.45, 7) is -0.199. The summed E-state index contributed by atoms with van der Waals surface area (Å²) < 4.78 is 5.32. The third-order valence-corrected chi connectivity index (χ3v) is 4.30. The highest BCUT2D eigenvalue weighted by Gasteiger charge is 2.19. The third kappa shape index (κ3) is 4.52. The summed E-state index contributed by atoms with van der Waals surface area (Å²) >= 11 is 11.7. The molecule has 0 atom stereocenters. The molecule has 7 heteroatoms. The standard InChI is InChI=1S/C15H18Cl2N2O3/c16-11-6-10(13(18)7-12(11)17)15(21)19-8-14(20)22-9-4-2-1-3-5-9/h6-7,9H,1-5,8,18H2,(H,19,21). The number of amides is 1. The Morgan fingerprint density at radius 3 is 2.50 bits per heavy atom. The minimum atomic E-state index is -0.489. The molecule has 0 spiro atoms. The zero-order valence-corrected chi connectivity index (χ0v) is 13.5. The van der Waals surface area contributed by atoms with Crippen LogP contribution in [0.4, 0.5) is 5.69 Å². The molecule has 5 nitrogen and oxygen atoms in total. The fourth-order valence-corrected chi connectivity index (χ4v) is 2.75. The zero-order valence-electron chi connectivity index (χ0n) is 12.0. The molecule has 2 rings (SSSR count). The van der Waals surface area contributed by atoms with E-state index in [1.54, 1.807) is 0 Å². The average Bonchev–Trinajstić information content (AvgIpc) is 2.49. The normalized spacial score (nSPS) is 15.4. The number of halogens is 2. The summed E-state index contributed by atoms with van der Waals surface area (Å²) in [5.41, 5.74) is 6.11. The maximum Gasteiger partial charge on any atom is 0.325 e. The molecule has 1 amide bonds. The van der Waals surface area contributed by atoms with E-state index >= 15 is 0 Å². The van der Waals surface area contributed by atoms with Gasteiger partial charge in [0, 0.05) is 5.69 Å². The molecule has 0 saturated heterocycles. The van der Waals surface area contributed by atoms with Gasteiger partial charge in [0.05, 0.1) is 15.6 Å². The van der Waals surface area contributed by atoms with Crippen molar-refractivity contribution in [3.8, 4) is 0 Å². The van der Waals surface area contributed by atoms with Crippen molar-refractivity contribution in [1.29, 1.82) is 0 Å². The lowest BCUT2D eigenvalue weighted by molar-refractivity contribution is -0.149. The number of rotatable bonds is 4. The Hall–Kier alpha value is -1.46. The highest BCUT2D eigenvalue weighted by Crippen LogP contribution is 2.27. The van der Waals surface area contributed by atoms with Crippen LogP contribution in [0.1, 0.15) is 42.5 Å². The Labute approximate surface area is 139 Å². The summed E-state index contributed by atoms with van der Waals surface area (Å²) in [5, 5.41) is 2.98. The number of hydrogen-bond donors (Lipinski definition) is 2. The second-order valence-corrected chi connectivity index (χ2v) is 6.10. The van der Waals surface area contributed by atoms with Crippen LogP contribution < -0.4 is 11.1 Å². The molecule has 0 unspecified atom stereocenters. The Kier molecular flexibility index (Phi) is 5.91. The molecular weight excluding hydrogens is 327 g/mol. The quantitative estimate of drug-likeness (QED) is 0.649. The van der Waals surface area contributed by atoms with Gasteiger partial charge >= 0.3 is 5.97 Å². The topological polar surface area (TPSA) is 81.4 Å². The van der Waals surface area contributed by atoms with E-state index in [4.69, 9.17) is 33.7 Å². The first kappa shape index (κ1) is 16.9. The van der Waals surface area contributed by atoms with Crippen molar-refractivity contribution in [1.82, 2.24) is 5.32 Å². The van der Waals surface area contributed by atoms with Gasteiger partial charge < -0.3 is 15.8 Å². The second kappa shape index (κ2) is 7.70. The summed E-state index contributed by atoms with van der Waals surface area (Å²) in [4.78, 5) is 23.8. The molecule has 0 aromatic heterocycles. The second-order valence-electron chi connectivity index (χ2n) is 5.29. The van der Waals surface area contributed by atoms with Crippen LogP contribution in [0.15, 0.2) is 12.1 Å². The lowest BCUT2D eigenvalue weighted by atomic mass is 9.98. The monoisotopic (exact) mass is 344 g/mol. The summed E-state index contributed by atoms with van der Waals surface area (Å²) in [5.74, 6) is -0.935. The van der Waals surface area contributed by atoms with Gasteiger partial charge in [-0.1, -0.05) is 29.6 Å². The van der Waals surface area contributed by atoms with E-state index in [9.17, 15) is 9.59 Å². The predicted octanol–water partition coefficient (Wildman–Crippen LogP) is 3.18. The van der Waals surface area contributed by atoms with Gasteiger partial charge in [-0.05, 0) is 37.8 Å². The van der Waals surface area contributed by atoms with Crippen molar-refractivity contribution < 1.29 is 14.3 Å². The molecule has 22 heavy (non-hydrogen) atoms. The molecule has 120 valence electrons. The number of benzene rings is 1. The van der Waals surface area contributed by atoms with Crippen LogP contribution in [-0.2, 0) is 9.53 Å². The molecule has 3 N–H and O–H groups in total. The minimum Gasteiger partial charge on any atom is -0.461 e. The van der Waals surface area contributed by atoms with Crippen LogP contribution in [0.2, 0.25) is 10.0 Å². The van der Waals surface area contributed by atoms with Crippen LogP contribution in [0.25, 0.3) is 0 Å². The maximum atomic E-state index is 12.0. The Balaban J connectivity index is 1.87. The van der Waals surface area contributed by atoms with Gasteiger partial charge in [0.15, 0.2) is 0 Å². The number of nitrogens with two attached hydrogens (primary N) is 1. The van der Waals surface area contributed by atoms with Gasteiger partial charge in [-0.25, -0.2) is 0 Å². The molecule has 0 heterocycles. The molecule has 0 radical (unpaired) electrons. The molecule has 0 aliphatic heterocycles. The van der Waals surface area contributed by atoms with E-state index in [1.165, 1.54) is 18.6 Å². The zero-order chi connectivity index (χ0) is 16.1. The third-order valence-electron chi connectivity index (χ3n) is 3.58. The maximum absolute atomic E-state index is 12.0. The van der Waals surface area contributed by atoms with Gasteiger partial charge in [-0.2, -0.15) is 0 Å². The van der Waals surface area contributed by atoms with Crippen LogP contribution in [-0.4, -0.2) is 24.5 Å². The number of nitrogen functional groups attached to an aromatic ring is 1. The number of esters is 1. The molecular formula is C15H18Cl2N2O3. The van der Waals surface area contributed by atoms with E-state index in [2.05, 4.69) is 5.32 Å². The highest BCUT2D eigenvalue weighted by molar-refractivity contribution is 6.42. The van der Waals surface area contributed by atoms with Crippen molar-refractivity contribution in [2.75, 3.05) is 12.3 Å². The van der Waals surface area contributed by atoms with Crippen molar-refractivity contribution in [2.45, 2.75) is 38.2 Å². The van der Waals surface area contributed by atoms with E-state index in [0.29, 0.717) is 0 Å². The van der Waals surface area contributed by atoms with Gasteiger partial charge in [-0.3, -0.25) is 9.59 Å². The molecule has 1 aromatic rings. The average molecular weight is 345 g/mol. The number of anilines is 1. The number of nitrogens with one attached hydrogen (secondary N) is 1. The summed E-state index contributed by atoms with van der Waals surface area (Å²) in [6, 6.07) is 2.78. The van der Waals surface area contributed by atoms with Crippen molar-refractivity contribution >= 4 is 40.8 Å². The SMILES string of the molecule is Nc1cc(Cl)c(Cl)cc1C(=O)NCC(=O)OC1CCCCC1. The molecule has 1 aliphatic rings. The van der Waals surface area contributed by atoms with Crippen molar-refractivity contribution in [3.63, 3.8) is 0 Å². The van der Waals surface area contributed by atoms with Gasteiger partial charge in [0.25, 0.3) is 5.91 Å². The fraction of sp³-hybridized carbons (Fsp3) is 0.467. The van der Waals surface area contributed by atoms with E-state index in [-0.39, 0.29) is 33.9 Å². The smallest absolute Gasteiger partial charge is 0.325 e. The first-order valence-corrected chi connectivity index (χ1v) is 7.95. The molecule has 1 fully saturated rings. The van der Waals surface area contributed by atoms with Gasteiger partial charge in [-0.15, -0.1) is 0 Å². The van der Waals surface area contributed by atoms with E-state index in [1.807, 2.05) is 0 Å². The highest BCUT2D eigenvalue weighted by atomic mass is 35.5. The van der Waals surface area contributed by atoms with Crippen LogP contribution >= 0.6 is 23.2 Å². The Morgan fingerprint density at radius 1 is 1.18 bits per heavy atom. The largest absolute Gasteiger partial charge is 0.461 e. The number of ether oxygens (including phenoxy) is 1. The fourth-order valence-electron chi connectivity index (χ4n) is 2.42. The number of carbonyl (C=O) groups excluding carboxylic acids is 2. The minimum absolute atomic E-state index is 0.0341. The van der Waals surface area contributed by atoms with Crippen LogP contribution in [0.3, 0.4) is 0 Å².